The van der Waals surface area contributed by atoms with Gasteiger partial charge in [-0.15, -0.1) is 0 Å². The molecule has 0 aromatic heterocycles. The third-order valence-corrected chi connectivity index (χ3v) is 6.28. The lowest BCUT2D eigenvalue weighted by atomic mass is 9.98. The van der Waals surface area contributed by atoms with Crippen molar-refractivity contribution < 1.29 is 74.4 Å². The molecule has 4 fully saturated rings. The van der Waals surface area contributed by atoms with Crippen molar-refractivity contribution in [3.63, 3.8) is 0 Å². The highest BCUT2D eigenvalue weighted by molar-refractivity contribution is 5.03. The Kier molecular flexibility index (Phi) is 7.86. The summed E-state index contributed by atoms with van der Waals surface area (Å²) in [6.07, 6.45) is -19.9. The first kappa shape index (κ1) is 25.5. The molecule has 0 bridgehead atoms. The maximum absolute atomic E-state index is 10.2. The van der Waals surface area contributed by atoms with E-state index in [0.29, 0.717) is 0 Å². The van der Waals surface area contributed by atoms with E-state index in [9.17, 15) is 46.0 Å². The Hall–Kier alpha value is -0.600. The maximum Gasteiger partial charge on any atom is 0.187 e. The first-order chi connectivity index (χ1) is 15.7. The topological polar surface area (TPSA) is 241 Å². The van der Waals surface area contributed by atoms with Crippen molar-refractivity contribution in [3.8, 4) is 0 Å². The summed E-state index contributed by atoms with van der Waals surface area (Å²) in [6, 6.07) is 0. The normalized spacial score (nSPS) is 54.6. The van der Waals surface area contributed by atoms with Gasteiger partial charge in [0.2, 0.25) is 0 Å². The Morgan fingerprint density at radius 3 is 1.70 bits per heavy atom. The van der Waals surface area contributed by atoms with Crippen LogP contribution in [0.25, 0.3) is 0 Å². The van der Waals surface area contributed by atoms with Gasteiger partial charge in [-0.05, 0) is 0 Å². The van der Waals surface area contributed by atoms with Gasteiger partial charge in [0.25, 0.3) is 0 Å². The molecule has 0 spiro atoms. The summed E-state index contributed by atoms with van der Waals surface area (Å²) in [5, 5.41) is 88.3. The molecule has 9 N–H and O–H groups in total. The summed E-state index contributed by atoms with van der Waals surface area (Å²) in [6.45, 7) is -1.88. The Labute approximate surface area is 187 Å². The van der Waals surface area contributed by atoms with Gasteiger partial charge in [-0.2, -0.15) is 0 Å². The molecular formula is C18H30O15. The zero-order valence-electron chi connectivity index (χ0n) is 17.3. The van der Waals surface area contributed by atoms with Crippen LogP contribution in [0.5, 0.6) is 0 Å². The summed E-state index contributed by atoms with van der Waals surface area (Å²) in [5.41, 5.74) is 0. The number of aliphatic hydroxyl groups is 9. The van der Waals surface area contributed by atoms with E-state index in [1.807, 2.05) is 0 Å². The second-order valence-corrected chi connectivity index (χ2v) is 8.42. The van der Waals surface area contributed by atoms with Crippen LogP contribution >= 0.6 is 0 Å². The number of hydrogen-bond donors (Lipinski definition) is 9. The largest absolute Gasteiger partial charge is 0.394 e. The molecule has 4 aliphatic heterocycles. The summed E-state index contributed by atoms with van der Waals surface area (Å²) >= 11 is 0. The van der Waals surface area contributed by atoms with Crippen LogP contribution in [-0.2, 0) is 28.4 Å². The van der Waals surface area contributed by atoms with Gasteiger partial charge in [0.05, 0.1) is 19.8 Å². The Balaban J connectivity index is 1.42. The van der Waals surface area contributed by atoms with Crippen molar-refractivity contribution in [2.75, 3.05) is 19.8 Å². The molecule has 0 amide bonds. The minimum atomic E-state index is -1.73. The summed E-state index contributed by atoms with van der Waals surface area (Å²) < 4.78 is 32.9. The number of fused-ring (bicyclic) bond motifs is 1. The van der Waals surface area contributed by atoms with Gasteiger partial charge >= 0.3 is 0 Å². The minimum absolute atomic E-state index is 0.594. The number of epoxide rings is 1. The fourth-order valence-electron chi connectivity index (χ4n) is 4.30. The molecule has 4 saturated heterocycles. The van der Waals surface area contributed by atoms with Gasteiger partial charge in [0.15, 0.2) is 18.9 Å². The molecule has 0 saturated carbocycles. The first-order valence-electron chi connectivity index (χ1n) is 10.6. The molecule has 15 atom stereocenters. The Morgan fingerprint density at radius 1 is 0.485 bits per heavy atom. The second kappa shape index (κ2) is 10.2. The van der Waals surface area contributed by atoms with E-state index < -0.39 is 112 Å². The number of ether oxygens (including phenoxy) is 6. The van der Waals surface area contributed by atoms with Crippen molar-refractivity contribution in [2.45, 2.75) is 92.1 Å². The van der Waals surface area contributed by atoms with E-state index in [1.54, 1.807) is 0 Å². The summed E-state index contributed by atoms with van der Waals surface area (Å²) in [4.78, 5) is 0. The fourth-order valence-corrected chi connectivity index (χ4v) is 4.30. The number of hydrogen-bond acceptors (Lipinski definition) is 15. The lowest BCUT2D eigenvalue weighted by Gasteiger charge is -2.44. The zero-order chi connectivity index (χ0) is 24.0. The summed E-state index contributed by atoms with van der Waals surface area (Å²) in [7, 11) is 0. The van der Waals surface area contributed by atoms with E-state index in [-0.39, 0.29) is 0 Å². The molecular weight excluding hydrogens is 456 g/mol. The Bertz CT molecular complexity index is 650. The molecule has 0 aromatic rings. The molecule has 4 rings (SSSR count). The number of rotatable bonds is 7. The van der Waals surface area contributed by atoms with Gasteiger partial charge in [0.1, 0.15) is 73.2 Å². The van der Waals surface area contributed by atoms with Crippen LogP contribution in [0.3, 0.4) is 0 Å². The molecule has 33 heavy (non-hydrogen) atoms. The third-order valence-electron chi connectivity index (χ3n) is 6.28. The minimum Gasteiger partial charge on any atom is -0.394 e. The molecule has 4 heterocycles. The third kappa shape index (κ3) is 4.77. The summed E-state index contributed by atoms with van der Waals surface area (Å²) in [5.74, 6) is 0. The lowest BCUT2D eigenvalue weighted by Crippen LogP contribution is -2.62. The smallest absolute Gasteiger partial charge is 0.187 e. The van der Waals surface area contributed by atoms with E-state index in [4.69, 9.17) is 28.4 Å². The molecule has 0 aliphatic carbocycles. The van der Waals surface area contributed by atoms with Crippen molar-refractivity contribution >= 4 is 0 Å². The molecule has 1 unspecified atom stereocenters. The van der Waals surface area contributed by atoms with Crippen LogP contribution in [0, 0.1) is 0 Å². The standard InChI is InChI=1S/C18H30O15/c19-1-4-7(22)8(23)11(26)17(29-4)33-13-6(3-21)30-18(15-14(13)31-15)32-12-5(2-20)28-16(27)10(25)9(12)24/h4-27H,1-3H2/t4-,5-,6-,7-,8+,9-,10-,11-,12-,13-,14+,15+,16?,17-,18-/m1/s1. The van der Waals surface area contributed by atoms with Crippen LogP contribution in [0.4, 0.5) is 0 Å². The second-order valence-electron chi connectivity index (χ2n) is 8.42. The zero-order valence-corrected chi connectivity index (χ0v) is 17.3. The molecule has 15 heteroatoms. The van der Waals surface area contributed by atoms with Crippen molar-refractivity contribution in [1.29, 1.82) is 0 Å². The van der Waals surface area contributed by atoms with E-state index in [1.165, 1.54) is 0 Å². The number of aliphatic hydroxyl groups excluding tert-OH is 9. The average Bonchev–Trinajstić information content (AvgIpc) is 3.61. The molecule has 0 aromatic carbocycles. The average molecular weight is 486 g/mol. The monoisotopic (exact) mass is 486 g/mol. The highest BCUT2D eigenvalue weighted by atomic mass is 16.8. The van der Waals surface area contributed by atoms with Gasteiger partial charge in [0, 0.05) is 0 Å². The van der Waals surface area contributed by atoms with E-state index >= 15 is 0 Å². The van der Waals surface area contributed by atoms with Crippen molar-refractivity contribution in [1.82, 2.24) is 0 Å². The predicted molar refractivity (Wildman–Crippen MR) is 97.9 cm³/mol. The van der Waals surface area contributed by atoms with Crippen molar-refractivity contribution in [3.05, 3.63) is 0 Å². The van der Waals surface area contributed by atoms with Crippen LogP contribution in [-0.4, -0.2) is 158 Å². The lowest BCUT2D eigenvalue weighted by molar-refractivity contribution is -0.344. The van der Waals surface area contributed by atoms with Crippen molar-refractivity contribution in [2.24, 2.45) is 0 Å². The van der Waals surface area contributed by atoms with Crippen LogP contribution in [0.2, 0.25) is 0 Å². The van der Waals surface area contributed by atoms with Gasteiger partial charge in [-0.1, -0.05) is 0 Å². The Morgan fingerprint density at radius 2 is 1.06 bits per heavy atom. The molecule has 4 aliphatic rings. The van der Waals surface area contributed by atoms with Gasteiger partial charge in [-0.3, -0.25) is 0 Å². The highest BCUT2D eigenvalue weighted by Gasteiger charge is 2.61. The van der Waals surface area contributed by atoms with Crippen LogP contribution in [0.15, 0.2) is 0 Å². The fraction of sp³-hybridized carbons (Fsp3) is 1.00. The SMILES string of the molecule is OC[C@H]1O[C@H](O[C@H]2[C@@H]3O[C@@H]3[C@@H](O[C@H]3[C@H](O)[C@@H](O)C(O)O[C@@H]3CO)O[C@@H]2CO)[C@H](O)[C@@H](O)[C@@H]1O. The maximum atomic E-state index is 10.2. The predicted octanol–water partition coefficient (Wildman–Crippen LogP) is -6.53. The van der Waals surface area contributed by atoms with Crippen LogP contribution in [0.1, 0.15) is 0 Å². The van der Waals surface area contributed by atoms with Gasteiger partial charge in [-0.25, -0.2) is 0 Å². The highest BCUT2D eigenvalue weighted by Crippen LogP contribution is 2.42. The van der Waals surface area contributed by atoms with Crippen LogP contribution < -0.4 is 0 Å². The first-order valence-corrected chi connectivity index (χ1v) is 10.6. The quantitative estimate of drug-likeness (QED) is 0.152. The van der Waals surface area contributed by atoms with E-state index in [0.717, 1.165) is 0 Å². The van der Waals surface area contributed by atoms with Gasteiger partial charge < -0.3 is 74.4 Å². The molecule has 192 valence electrons. The van der Waals surface area contributed by atoms with E-state index in [2.05, 4.69) is 0 Å². The molecule has 15 nitrogen and oxygen atoms in total. The molecule has 0 radical (unpaired) electrons.